The molecule has 136 valence electrons. The number of rotatable bonds is 5. The Kier molecular flexibility index (Phi) is 5.40. The molecule has 0 radical (unpaired) electrons. The summed E-state index contributed by atoms with van der Waals surface area (Å²) in [5, 5.41) is 12.2. The summed E-state index contributed by atoms with van der Waals surface area (Å²) in [6.45, 7) is 2.05. The Labute approximate surface area is 172 Å². The van der Waals surface area contributed by atoms with Crippen LogP contribution in [0.1, 0.15) is 17.3 Å². The van der Waals surface area contributed by atoms with Crippen LogP contribution in [0.25, 0.3) is 21.5 Å². The predicted molar refractivity (Wildman–Crippen MR) is 114 cm³/mol. The van der Waals surface area contributed by atoms with E-state index in [1.54, 1.807) is 17.8 Å². The van der Waals surface area contributed by atoms with Crippen LogP contribution >= 0.6 is 46.0 Å². The summed E-state index contributed by atoms with van der Waals surface area (Å²) in [6, 6.07) is 13.1. The monoisotopic (exact) mass is 432 g/mol. The van der Waals surface area contributed by atoms with E-state index in [1.807, 2.05) is 43.3 Å². The Morgan fingerprint density at radius 1 is 1.19 bits per heavy atom. The van der Waals surface area contributed by atoms with E-state index in [2.05, 4.69) is 20.5 Å². The summed E-state index contributed by atoms with van der Waals surface area (Å²) in [5.74, 6) is 0.673. The zero-order valence-electron chi connectivity index (χ0n) is 14.1. The number of fused-ring (bicyclic) bond motifs is 1. The molecular weight excluding hydrogens is 420 g/mol. The highest BCUT2D eigenvalue weighted by molar-refractivity contribution is 8.01. The maximum absolute atomic E-state index is 13.0. The first-order chi connectivity index (χ1) is 13.1. The molecule has 0 atom stereocenters. The first kappa shape index (κ1) is 18.4. The Morgan fingerprint density at radius 2 is 2.04 bits per heavy atom. The van der Waals surface area contributed by atoms with Crippen LogP contribution < -0.4 is 5.32 Å². The first-order valence-corrected chi connectivity index (χ1v) is 11.1. The molecule has 27 heavy (non-hydrogen) atoms. The minimum atomic E-state index is -0.235. The average molecular weight is 433 g/mol. The van der Waals surface area contributed by atoms with Gasteiger partial charge in [0.05, 0.1) is 26.0 Å². The second-order valence-electron chi connectivity index (χ2n) is 5.44. The number of hydrogen-bond acceptors (Lipinski definition) is 7. The number of benzene rings is 1. The highest BCUT2D eigenvalue weighted by Gasteiger charge is 2.16. The number of thiophene rings is 1. The number of amides is 1. The molecule has 0 spiro atoms. The number of para-hydroxylation sites is 1. The summed E-state index contributed by atoms with van der Waals surface area (Å²) < 4.78 is 1.52. The molecule has 1 aromatic carbocycles. The molecule has 5 nitrogen and oxygen atoms in total. The summed E-state index contributed by atoms with van der Waals surface area (Å²) in [5.41, 5.74) is 2.01. The number of nitrogens with one attached hydrogen (secondary N) is 1. The van der Waals surface area contributed by atoms with Crippen molar-refractivity contribution >= 4 is 68.0 Å². The zero-order valence-corrected chi connectivity index (χ0v) is 17.3. The number of anilines is 1. The molecule has 0 aliphatic rings. The third-order valence-corrected chi connectivity index (χ3v) is 6.79. The lowest BCUT2D eigenvalue weighted by atomic mass is 10.1. The van der Waals surface area contributed by atoms with Gasteiger partial charge in [0.15, 0.2) is 4.34 Å². The van der Waals surface area contributed by atoms with Crippen molar-refractivity contribution in [2.24, 2.45) is 0 Å². The molecule has 0 fully saturated rings. The van der Waals surface area contributed by atoms with Gasteiger partial charge in [-0.2, -0.15) is 0 Å². The smallest absolute Gasteiger partial charge is 0.258 e. The van der Waals surface area contributed by atoms with E-state index in [9.17, 15) is 4.79 Å². The zero-order chi connectivity index (χ0) is 18.8. The van der Waals surface area contributed by atoms with E-state index in [1.165, 1.54) is 22.7 Å². The second-order valence-corrected chi connectivity index (χ2v) is 9.64. The standard InChI is InChI=1S/C18H13ClN4OS3/c1-2-25-18-23-22-17(27-18)21-16(24)11-9-13(14-7-8-15(19)26-14)20-12-6-4-3-5-10(11)12/h3-9H,2H2,1H3,(H,21,22,24). The number of pyridine rings is 1. The summed E-state index contributed by atoms with van der Waals surface area (Å²) in [4.78, 5) is 18.5. The van der Waals surface area contributed by atoms with E-state index >= 15 is 0 Å². The van der Waals surface area contributed by atoms with Crippen molar-refractivity contribution in [3.63, 3.8) is 0 Å². The van der Waals surface area contributed by atoms with Crippen LogP contribution in [0.15, 0.2) is 46.8 Å². The minimum Gasteiger partial charge on any atom is -0.296 e. The SMILES string of the molecule is CCSc1nnc(NC(=O)c2cc(-c3ccc(Cl)s3)nc3ccccc23)s1. The molecule has 0 saturated heterocycles. The number of carbonyl (C=O) groups excluding carboxylic acids is 1. The van der Waals surface area contributed by atoms with Gasteiger partial charge in [0.25, 0.3) is 5.91 Å². The second kappa shape index (κ2) is 7.93. The lowest BCUT2D eigenvalue weighted by Crippen LogP contribution is -2.13. The van der Waals surface area contributed by atoms with Crippen molar-refractivity contribution in [3.05, 3.63) is 52.4 Å². The number of hydrogen-bond donors (Lipinski definition) is 1. The van der Waals surface area contributed by atoms with Gasteiger partial charge in [0.1, 0.15) is 0 Å². The van der Waals surface area contributed by atoms with E-state index in [-0.39, 0.29) is 5.91 Å². The molecule has 1 amide bonds. The molecule has 4 rings (SSSR count). The fourth-order valence-electron chi connectivity index (χ4n) is 2.55. The predicted octanol–water partition coefficient (Wildman–Crippen LogP) is 5.83. The van der Waals surface area contributed by atoms with Gasteiger partial charge in [-0.1, -0.05) is 59.8 Å². The van der Waals surface area contributed by atoms with Gasteiger partial charge in [-0.3, -0.25) is 10.1 Å². The topological polar surface area (TPSA) is 67.8 Å². The molecule has 0 aliphatic heterocycles. The van der Waals surface area contributed by atoms with Crippen LogP contribution in [0.2, 0.25) is 4.34 Å². The van der Waals surface area contributed by atoms with Crippen LogP contribution in [0, 0.1) is 0 Å². The molecule has 0 bridgehead atoms. The van der Waals surface area contributed by atoms with Crippen molar-refractivity contribution in [2.45, 2.75) is 11.3 Å². The molecular formula is C18H13ClN4OS3. The summed E-state index contributed by atoms with van der Waals surface area (Å²) >= 11 is 10.5. The van der Waals surface area contributed by atoms with Crippen molar-refractivity contribution < 1.29 is 4.79 Å². The van der Waals surface area contributed by atoms with Crippen LogP contribution in [0.3, 0.4) is 0 Å². The highest BCUT2D eigenvalue weighted by atomic mass is 35.5. The van der Waals surface area contributed by atoms with Gasteiger partial charge in [-0.25, -0.2) is 4.98 Å². The molecule has 9 heteroatoms. The summed E-state index contributed by atoms with van der Waals surface area (Å²) in [6.07, 6.45) is 0. The van der Waals surface area contributed by atoms with Crippen LogP contribution in [0.5, 0.6) is 0 Å². The van der Waals surface area contributed by atoms with Crippen molar-refractivity contribution in [3.8, 4) is 10.6 Å². The van der Waals surface area contributed by atoms with Gasteiger partial charge >= 0.3 is 0 Å². The maximum atomic E-state index is 13.0. The van der Waals surface area contributed by atoms with E-state index in [4.69, 9.17) is 11.6 Å². The third-order valence-electron chi connectivity index (χ3n) is 3.68. The quantitative estimate of drug-likeness (QED) is 0.317. The van der Waals surface area contributed by atoms with E-state index in [0.29, 0.717) is 15.0 Å². The van der Waals surface area contributed by atoms with Gasteiger partial charge in [-0.15, -0.1) is 21.5 Å². The van der Waals surface area contributed by atoms with E-state index in [0.717, 1.165) is 31.6 Å². The molecule has 0 unspecified atom stereocenters. The van der Waals surface area contributed by atoms with Crippen molar-refractivity contribution in [1.82, 2.24) is 15.2 Å². The highest BCUT2D eigenvalue weighted by Crippen LogP contribution is 2.33. The molecule has 3 aromatic heterocycles. The number of aromatic nitrogens is 3. The maximum Gasteiger partial charge on any atom is 0.258 e. The molecule has 1 N–H and O–H groups in total. The Bertz CT molecular complexity index is 1120. The Hall–Kier alpha value is -2.00. The largest absolute Gasteiger partial charge is 0.296 e. The van der Waals surface area contributed by atoms with Crippen molar-refractivity contribution in [1.29, 1.82) is 0 Å². The number of carbonyl (C=O) groups is 1. The third kappa shape index (κ3) is 3.98. The molecule has 4 aromatic rings. The number of halogens is 1. The molecule has 3 heterocycles. The lowest BCUT2D eigenvalue weighted by molar-refractivity contribution is 0.102. The average Bonchev–Trinajstić information content (AvgIpc) is 3.30. The van der Waals surface area contributed by atoms with Crippen LogP contribution in [-0.4, -0.2) is 26.8 Å². The minimum absolute atomic E-state index is 0.235. The van der Waals surface area contributed by atoms with Gasteiger partial charge in [-0.05, 0) is 30.0 Å². The molecule has 0 aliphatic carbocycles. The fourth-order valence-corrected chi connectivity index (χ4v) is 5.20. The summed E-state index contributed by atoms with van der Waals surface area (Å²) in [7, 11) is 0. The Balaban J connectivity index is 1.73. The van der Waals surface area contributed by atoms with Crippen LogP contribution in [-0.2, 0) is 0 Å². The fraction of sp³-hybridized carbons (Fsp3) is 0.111. The van der Waals surface area contributed by atoms with E-state index < -0.39 is 0 Å². The van der Waals surface area contributed by atoms with Crippen molar-refractivity contribution in [2.75, 3.05) is 11.1 Å². The number of thioether (sulfide) groups is 1. The van der Waals surface area contributed by atoms with Gasteiger partial charge in [0, 0.05) is 5.39 Å². The Morgan fingerprint density at radius 3 is 2.81 bits per heavy atom. The van der Waals surface area contributed by atoms with Crippen LogP contribution in [0.4, 0.5) is 5.13 Å². The number of nitrogens with zero attached hydrogens (tertiary/aromatic N) is 3. The van der Waals surface area contributed by atoms with Gasteiger partial charge in [0.2, 0.25) is 5.13 Å². The lowest BCUT2D eigenvalue weighted by Gasteiger charge is -2.08. The van der Waals surface area contributed by atoms with Gasteiger partial charge < -0.3 is 0 Å². The first-order valence-electron chi connectivity index (χ1n) is 8.07. The normalized spacial score (nSPS) is 11.0. The molecule has 0 saturated carbocycles.